The highest BCUT2D eigenvalue weighted by atomic mass is 32.1. The second-order valence-corrected chi connectivity index (χ2v) is 7.34. The van der Waals surface area contributed by atoms with E-state index in [1.807, 2.05) is 29.6 Å². The van der Waals surface area contributed by atoms with Gasteiger partial charge < -0.3 is 9.84 Å². The first-order chi connectivity index (χ1) is 14.5. The second-order valence-electron chi connectivity index (χ2n) is 6.50. The lowest BCUT2D eigenvalue weighted by Gasteiger charge is -2.08. The van der Waals surface area contributed by atoms with Gasteiger partial charge in [-0.1, -0.05) is 24.3 Å². The number of carboxylic acid groups (broad SMARTS) is 1. The average Bonchev–Trinajstić information content (AvgIpc) is 3.34. The molecule has 2 aromatic carbocycles. The number of hydrazone groups is 1. The molecule has 3 aromatic rings. The molecule has 7 nitrogen and oxygen atoms in total. The fourth-order valence-electron chi connectivity index (χ4n) is 3.04. The van der Waals surface area contributed by atoms with E-state index in [1.165, 1.54) is 28.5 Å². The largest absolute Gasteiger partial charge is 0.496 e. The van der Waals surface area contributed by atoms with E-state index in [4.69, 9.17) is 9.84 Å². The number of carbonyl (C=O) groups excluding carboxylic acids is 1. The number of para-hydroxylation sites is 1. The second kappa shape index (κ2) is 7.92. The van der Waals surface area contributed by atoms with Gasteiger partial charge in [-0.05, 0) is 42.8 Å². The van der Waals surface area contributed by atoms with Crippen LogP contribution in [0.2, 0.25) is 0 Å². The Kier molecular flexibility index (Phi) is 5.16. The molecule has 1 amide bonds. The predicted molar refractivity (Wildman–Crippen MR) is 116 cm³/mol. The summed E-state index contributed by atoms with van der Waals surface area (Å²) in [6, 6.07) is 13.9. The number of methoxy groups -OCH3 is 1. The summed E-state index contributed by atoms with van der Waals surface area (Å²) in [5.41, 5.74) is 3.45. The summed E-state index contributed by atoms with van der Waals surface area (Å²) in [4.78, 5) is 28.5. The molecule has 1 N–H and O–H groups in total. The van der Waals surface area contributed by atoms with Crippen molar-refractivity contribution in [3.8, 4) is 17.0 Å². The van der Waals surface area contributed by atoms with Crippen LogP contribution in [-0.2, 0) is 4.79 Å². The first-order valence-corrected chi connectivity index (χ1v) is 9.90. The molecule has 4 rings (SSSR count). The highest BCUT2D eigenvalue weighted by Gasteiger charge is 2.31. The van der Waals surface area contributed by atoms with Crippen molar-refractivity contribution in [3.05, 3.63) is 70.6 Å². The molecule has 0 spiro atoms. The topological polar surface area (TPSA) is 92.1 Å². The molecule has 30 heavy (non-hydrogen) atoms. The van der Waals surface area contributed by atoms with E-state index in [1.54, 1.807) is 32.2 Å². The number of benzene rings is 2. The highest BCUT2D eigenvalue weighted by molar-refractivity contribution is 7.14. The van der Waals surface area contributed by atoms with Crippen molar-refractivity contribution < 1.29 is 19.4 Å². The van der Waals surface area contributed by atoms with Gasteiger partial charge in [0, 0.05) is 10.9 Å². The SMILES string of the molecule is COc1ccccc1-c1csc(N2N=C(C)/C(=C\c3ccc(C(=O)O)cc3)C2=O)n1. The third kappa shape index (κ3) is 3.60. The van der Waals surface area contributed by atoms with E-state index in [0.29, 0.717) is 33.4 Å². The number of amides is 1. The summed E-state index contributed by atoms with van der Waals surface area (Å²) < 4.78 is 5.39. The van der Waals surface area contributed by atoms with E-state index in [2.05, 4.69) is 10.1 Å². The maximum absolute atomic E-state index is 13.0. The van der Waals surface area contributed by atoms with Gasteiger partial charge in [0.2, 0.25) is 5.13 Å². The summed E-state index contributed by atoms with van der Waals surface area (Å²) in [6.07, 6.45) is 1.70. The smallest absolute Gasteiger partial charge is 0.335 e. The fourth-order valence-corrected chi connectivity index (χ4v) is 3.82. The minimum atomic E-state index is -0.996. The number of anilines is 1. The van der Waals surface area contributed by atoms with Crippen LogP contribution < -0.4 is 9.75 Å². The van der Waals surface area contributed by atoms with Gasteiger partial charge >= 0.3 is 5.97 Å². The molecule has 0 saturated carbocycles. The lowest BCUT2D eigenvalue weighted by atomic mass is 10.1. The molecule has 0 radical (unpaired) electrons. The zero-order valence-corrected chi connectivity index (χ0v) is 17.0. The minimum Gasteiger partial charge on any atom is -0.496 e. The number of ether oxygens (including phenoxy) is 1. The molecule has 2 heterocycles. The first-order valence-electron chi connectivity index (χ1n) is 9.02. The van der Waals surface area contributed by atoms with Gasteiger partial charge in [0.1, 0.15) is 5.75 Å². The Labute approximate surface area is 176 Å². The number of thiazole rings is 1. The van der Waals surface area contributed by atoms with E-state index >= 15 is 0 Å². The third-order valence-electron chi connectivity index (χ3n) is 4.59. The monoisotopic (exact) mass is 419 g/mol. The quantitative estimate of drug-likeness (QED) is 0.622. The number of nitrogens with zero attached hydrogens (tertiary/aromatic N) is 3. The molecule has 0 bridgehead atoms. The highest BCUT2D eigenvalue weighted by Crippen LogP contribution is 2.35. The number of carbonyl (C=O) groups is 2. The molecule has 0 atom stereocenters. The van der Waals surface area contributed by atoms with Gasteiger partial charge in [-0.3, -0.25) is 4.79 Å². The summed E-state index contributed by atoms with van der Waals surface area (Å²) in [5.74, 6) is -0.576. The average molecular weight is 419 g/mol. The van der Waals surface area contributed by atoms with Crippen LogP contribution in [0.5, 0.6) is 5.75 Å². The van der Waals surface area contributed by atoms with Crippen molar-refractivity contribution in [2.24, 2.45) is 5.10 Å². The van der Waals surface area contributed by atoms with Crippen LogP contribution in [0.1, 0.15) is 22.8 Å². The van der Waals surface area contributed by atoms with Gasteiger partial charge in [-0.15, -0.1) is 11.3 Å². The number of carboxylic acids is 1. The Morgan fingerprint density at radius 3 is 2.60 bits per heavy atom. The van der Waals surface area contributed by atoms with Crippen LogP contribution in [-0.4, -0.2) is 34.8 Å². The van der Waals surface area contributed by atoms with Crippen LogP contribution in [0, 0.1) is 0 Å². The minimum absolute atomic E-state index is 0.188. The lowest BCUT2D eigenvalue weighted by molar-refractivity contribution is -0.114. The summed E-state index contributed by atoms with van der Waals surface area (Å²) >= 11 is 1.32. The molecule has 0 fully saturated rings. The number of hydrogen-bond donors (Lipinski definition) is 1. The van der Waals surface area contributed by atoms with Crippen molar-refractivity contribution in [1.82, 2.24) is 4.98 Å². The van der Waals surface area contributed by atoms with Gasteiger partial charge in [0.05, 0.1) is 29.7 Å². The van der Waals surface area contributed by atoms with Crippen LogP contribution in [0.25, 0.3) is 17.3 Å². The zero-order valence-electron chi connectivity index (χ0n) is 16.2. The zero-order chi connectivity index (χ0) is 21.3. The van der Waals surface area contributed by atoms with Crippen molar-refractivity contribution in [2.75, 3.05) is 12.1 Å². The van der Waals surface area contributed by atoms with E-state index in [-0.39, 0.29) is 11.5 Å². The molecule has 0 unspecified atom stereocenters. The lowest BCUT2D eigenvalue weighted by Crippen LogP contribution is -2.21. The Hall–Kier alpha value is -3.78. The maximum atomic E-state index is 13.0. The Balaban J connectivity index is 1.61. The van der Waals surface area contributed by atoms with Gasteiger partial charge in [-0.25, -0.2) is 9.78 Å². The molecule has 0 saturated heterocycles. The van der Waals surface area contributed by atoms with E-state index < -0.39 is 5.97 Å². The number of aromatic nitrogens is 1. The van der Waals surface area contributed by atoms with Crippen molar-refractivity contribution in [2.45, 2.75) is 6.92 Å². The Morgan fingerprint density at radius 1 is 1.17 bits per heavy atom. The van der Waals surface area contributed by atoms with Gasteiger partial charge in [-0.2, -0.15) is 10.1 Å². The van der Waals surface area contributed by atoms with Gasteiger partial charge in [0.15, 0.2) is 0 Å². The molecule has 8 heteroatoms. The van der Waals surface area contributed by atoms with Crippen LogP contribution in [0.4, 0.5) is 5.13 Å². The van der Waals surface area contributed by atoms with E-state index in [0.717, 1.165) is 5.56 Å². The molecule has 1 aliphatic rings. The third-order valence-corrected chi connectivity index (χ3v) is 5.40. The van der Waals surface area contributed by atoms with Crippen molar-refractivity contribution in [1.29, 1.82) is 0 Å². The Bertz CT molecular complexity index is 1200. The molecule has 150 valence electrons. The first kappa shape index (κ1) is 19.5. The van der Waals surface area contributed by atoms with E-state index in [9.17, 15) is 9.59 Å². The van der Waals surface area contributed by atoms with Crippen LogP contribution in [0.15, 0.2) is 64.6 Å². The summed E-state index contributed by atoms with van der Waals surface area (Å²) in [5, 5.41) is 17.0. The number of hydrogen-bond acceptors (Lipinski definition) is 6. The standard InChI is InChI=1S/C22H17N3O4S/c1-13-17(11-14-7-9-15(10-8-14)21(27)28)20(26)25(24-13)22-23-18(12-30-22)16-5-3-4-6-19(16)29-2/h3-12H,1-2H3,(H,27,28)/b17-11+. The molecule has 1 aliphatic heterocycles. The summed E-state index contributed by atoms with van der Waals surface area (Å²) in [6.45, 7) is 1.75. The molecule has 0 aliphatic carbocycles. The molecule has 1 aromatic heterocycles. The number of rotatable bonds is 5. The fraction of sp³-hybridized carbons (Fsp3) is 0.0909. The van der Waals surface area contributed by atoms with Crippen LogP contribution in [0.3, 0.4) is 0 Å². The van der Waals surface area contributed by atoms with Crippen LogP contribution >= 0.6 is 11.3 Å². The Morgan fingerprint density at radius 2 is 1.90 bits per heavy atom. The predicted octanol–water partition coefficient (Wildman–Crippen LogP) is 4.32. The molecular formula is C22H17N3O4S. The maximum Gasteiger partial charge on any atom is 0.335 e. The van der Waals surface area contributed by atoms with Crippen molar-refractivity contribution >= 4 is 40.1 Å². The number of aromatic carboxylic acids is 1. The molecular weight excluding hydrogens is 402 g/mol. The van der Waals surface area contributed by atoms with Gasteiger partial charge in [0.25, 0.3) is 5.91 Å². The van der Waals surface area contributed by atoms with Crippen molar-refractivity contribution in [3.63, 3.8) is 0 Å². The summed E-state index contributed by atoms with van der Waals surface area (Å²) in [7, 11) is 1.60. The normalized spacial score (nSPS) is 14.9.